The lowest BCUT2D eigenvalue weighted by atomic mass is 10.3. The van der Waals surface area contributed by atoms with Crippen LogP contribution in [0.1, 0.15) is 11.1 Å². The van der Waals surface area contributed by atoms with Gasteiger partial charge < -0.3 is 0 Å². The summed E-state index contributed by atoms with van der Waals surface area (Å²) in [6.45, 7) is 3.54. The Morgan fingerprint density at radius 1 is 1.60 bits per heavy atom. The number of halogens is 1. The molecule has 10 heavy (non-hydrogen) atoms. The second-order valence-corrected chi connectivity index (χ2v) is 2.24. The van der Waals surface area contributed by atoms with E-state index < -0.39 is 0 Å². The largest absolute Gasteiger partial charge is 0.261 e. The SMILES string of the molecule is C=CC(Cl)c1cnccn1. The zero-order valence-corrected chi connectivity index (χ0v) is 6.12. The summed E-state index contributed by atoms with van der Waals surface area (Å²) in [5, 5.41) is -0.228. The molecular weight excluding hydrogens is 148 g/mol. The Morgan fingerprint density at radius 2 is 2.40 bits per heavy atom. The molecule has 0 saturated heterocycles. The Morgan fingerprint density at radius 3 is 2.90 bits per heavy atom. The van der Waals surface area contributed by atoms with E-state index in [2.05, 4.69) is 16.5 Å². The van der Waals surface area contributed by atoms with Gasteiger partial charge in [-0.15, -0.1) is 18.2 Å². The van der Waals surface area contributed by atoms with Gasteiger partial charge in [0.1, 0.15) is 0 Å². The third kappa shape index (κ3) is 1.54. The highest BCUT2D eigenvalue weighted by molar-refractivity contribution is 6.21. The minimum atomic E-state index is -0.228. The molecule has 0 aliphatic heterocycles. The fourth-order valence-electron chi connectivity index (χ4n) is 0.574. The predicted octanol–water partition coefficient (Wildman–Crippen LogP) is 1.94. The Balaban J connectivity index is 2.84. The van der Waals surface area contributed by atoms with Crippen molar-refractivity contribution in [1.82, 2.24) is 9.97 Å². The van der Waals surface area contributed by atoms with Crippen LogP contribution in [0.15, 0.2) is 31.2 Å². The van der Waals surface area contributed by atoms with Crippen LogP contribution in [0.2, 0.25) is 0 Å². The van der Waals surface area contributed by atoms with Crippen LogP contribution in [0.3, 0.4) is 0 Å². The van der Waals surface area contributed by atoms with E-state index in [0.29, 0.717) is 0 Å². The molecule has 3 heteroatoms. The first-order valence-corrected chi connectivity index (χ1v) is 3.31. The third-order valence-electron chi connectivity index (χ3n) is 1.07. The van der Waals surface area contributed by atoms with Crippen LogP contribution in [-0.4, -0.2) is 9.97 Å². The highest BCUT2D eigenvalue weighted by Gasteiger charge is 2.01. The molecule has 52 valence electrons. The Labute approximate surface area is 64.6 Å². The van der Waals surface area contributed by atoms with Crippen LogP contribution >= 0.6 is 11.6 Å². The van der Waals surface area contributed by atoms with E-state index in [9.17, 15) is 0 Å². The minimum Gasteiger partial charge on any atom is -0.261 e. The maximum atomic E-state index is 5.77. The molecule has 0 aliphatic carbocycles. The van der Waals surface area contributed by atoms with Gasteiger partial charge in [-0.2, -0.15) is 0 Å². The summed E-state index contributed by atoms with van der Waals surface area (Å²) in [7, 11) is 0. The van der Waals surface area contributed by atoms with E-state index in [1.165, 1.54) is 0 Å². The van der Waals surface area contributed by atoms with E-state index in [4.69, 9.17) is 11.6 Å². The molecule has 1 heterocycles. The number of aromatic nitrogens is 2. The number of nitrogens with zero attached hydrogens (tertiary/aromatic N) is 2. The topological polar surface area (TPSA) is 25.8 Å². The number of allylic oxidation sites excluding steroid dienone is 1. The summed E-state index contributed by atoms with van der Waals surface area (Å²) in [6.07, 6.45) is 6.45. The second-order valence-electron chi connectivity index (χ2n) is 1.77. The van der Waals surface area contributed by atoms with Gasteiger partial charge in [0, 0.05) is 12.4 Å². The first-order valence-electron chi connectivity index (χ1n) is 2.87. The molecule has 2 nitrogen and oxygen atoms in total. The maximum absolute atomic E-state index is 5.77. The summed E-state index contributed by atoms with van der Waals surface area (Å²) in [5.41, 5.74) is 0.735. The fraction of sp³-hybridized carbons (Fsp3) is 0.143. The van der Waals surface area contributed by atoms with Crippen molar-refractivity contribution >= 4 is 11.6 Å². The monoisotopic (exact) mass is 154 g/mol. The predicted molar refractivity (Wildman–Crippen MR) is 40.8 cm³/mol. The lowest BCUT2D eigenvalue weighted by Crippen LogP contribution is -1.90. The standard InChI is InChI=1S/C7H7ClN2/c1-2-6(8)7-5-9-3-4-10-7/h2-6H,1H2. The zero-order valence-electron chi connectivity index (χ0n) is 5.37. The van der Waals surface area contributed by atoms with Gasteiger partial charge in [0.05, 0.1) is 17.3 Å². The van der Waals surface area contributed by atoms with Crippen LogP contribution < -0.4 is 0 Å². The molecule has 1 atom stereocenters. The lowest BCUT2D eigenvalue weighted by molar-refractivity contribution is 1.03. The van der Waals surface area contributed by atoms with Gasteiger partial charge in [-0.1, -0.05) is 6.08 Å². The Bertz CT molecular complexity index is 210. The zero-order chi connectivity index (χ0) is 7.40. The van der Waals surface area contributed by atoms with Crippen molar-refractivity contribution in [3.8, 4) is 0 Å². The fourth-order valence-corrected chi connectivity index (χ4v) is 0.686. The number of rotatable bonds is 2. The van der Waals surface area contributed by atoms with Crippen molar-refractivity contribution in [3.05, 3.63) is 36.9 Å². The van der Waals surface area contributed by atoms with Gasteiger partial charge in [-0.25, -0.2) is 0 Å². The van der Waals surface area contributed by atoms with E-state index in [1.807, 2.05) is 0 Å². The average molecular weight is 155 g/mol. The minimum absolute atomic E-state index is 0.228. The highest BCUT2D eigenvalue weighted by atomic mass is 35.5. The van der Waals surface area contributed by atoms with Crippen LogP contribution in [0.25, 0.3) is 0 Å². The molecule has 1 aromatic rings. The molecule has 0 radical (unpaired) electrons. The quantitative estimate of drug-likeness (QED) is 0.481. The summed E-state index contributed by atoms with van der Waals surface area (Å²) >= 11 is 5.77. The third-order valence-corrected chi connectivity index (χ3v) is 1.47. The molecule has 1 aromatic heterocycles. The molecule has 0 N–H and O–H groups in total. The van der Waals surface area contributed by atoms with Gasteiger partial charge in [-0.3, -0.25) is 9.97 Å². The number of hydrogen-bond donors (Lipinski definition) is 0. The first kappa shape index (κ1) is 7.22. The van der Waals surface area contributed by atoms with Gasteiger partial charge in [0.2, 0.25) is 0 Å². The molecule has 0 aromatic carbocycles. The van der Waals surface area contributed by atoms with Crippen LogP contribution in [0, 0.1) is 0 Å². The van der Waals surface area contributed by atoms with Crippen molar-refractivity contribution in [3.63, 3.8) is 0 Å². The van der Waals surface area contributed by atoms with E-state index >= 15 is 0 Å². The van der Waals surface area contributed by atoms with E-state index in [1.54, 1.807) is 24.7 Å². The number of hydrogen-bond acceptors (Lipinski definition) is 2. The molecule has 0 amide bonds. The molecule has 0 bridgehead atoms. The molecule has 0 spiro atoms. The number of alkyl halides is 1. The smallest absolute Gasteiger partial charge is 0.0950 e. The van der Waals surface area contributed by atoms with Crippen molar-refractivity contribution < 1.29 is 0 Å². The van der Waals surface area contributed by atoms with Crippen molar-refractivity contribution in [2.45, 2.75) is 5.38 Å². The van der Waals surface area contributed by atoms with Crippen molar-refractivity contribution in [2.24, 2.45) is 0 Å². The van der Waals surface area contributed by atoms with E-state index in [0.717, 1.165) is 5.69 Å². The molecule has 1 unspecified atom stereocenters. The molecular formula is C7H7ClN2. The Kier molecular flexibility index (Phi) is 2.40. The maximum Gasteiger partial charge on any atom is 0.0950 e. The van der Waals surface area contributed by atoms with Gasteiger partial charge in [0.15, 0.2) is 0 Å². The summed E-state index contributed by atoms with van der Waals surface area (Å²) < 4.78 is 0. The lowest BCUT2D eigenvalue weighted by Gasteiger charge is -1.99. The molecule has 0 fully saturated rings. The van der Waals surface area contributed by atoms with Crippen molar-refractivity contribution in [2.75, 3.05) is 0 Å². The normalized spacial score (nSPS) is 12.5. The molecule has 0 aliphatic rings. The van der Waals surface area contributed by atoms with Gasteiger partial charge >= 0.3 is 0 Å². The van der Waals surface area contributed by atoms with Crippen LogP contribution in [0.5, 0.6) is 0 Å². The summed E-state index contributed by atoms with van der Waals surface area (Å²) in [4.78, 5) is 7.84. The van der Waals surface area contributed by atoms with Gasteiger partial charge in [0.25, 0.3) is 0 Å². The van der Waals surface area contributed by atoms with E-state index in [-0.39, 0.29) is 5.38 Å². The van der Waals surface area contributed by atoms with Crippen LogP contribution in [-0.2, 0) is 0 Å². The van der Waals surface area contributed by atoms with Crippen LogP contribution in [0.4, 0.5) is 0 Å². The molecule has 1 rings (SSSR count). The molecule has 0 saturated carbocycles. The average Bonchev–Trinajstić information content (AvgIpc) is 2.05. The first-order chi connectivity index (χ1) is 4.84. The summed E-state index contributed by atoms with van der Waals surface area (Å²) in [5.74, 6) is 0. The Hall–Kier alpha value is -0.890. The second kappa shape index (κ2) is 3.32. The van der Waals surface area contributed by atoms with Gasteiger partial charge in [-0.05, 0) is 0 Å². The highest BCUT2D eigenvalue weighted by Crippen LogP contribution is 2.16. The summed E-state index contributed by atoms with van der Waals surface area (Å²) in [6, 6.07) is 0. The van der Waals surface area contributed by atoms with Crippen molar-refractivity contribution in [1.29, 1.82) is 0 Å².